The second-order valence-corrected chi connectivity index (χ2v) is 9.35. The lowest BCUT2D eigenvalue weighted by atomic mass is 9.99. The Morgan fingerprint density at radius 3 is 2.39 bits per heavy atom. The molecule has 0 spiro atoms. The Balaban J connectivity index is 1.56. The highest BCUT2D eigenvalue weighted by molar-refractivity contribution is 5.81. The summed E-state index contributed by atoms with van der Waals surface area (Å²) < 4.78 is 11.8. The van der Waals surface area contributed by atoms with Gasteiger partial charge in [0, 0.05) is 0 Å². The van der Waals surface area contributed by atoms with Gasteiger partial charge in [0.2, 0.25) is 0 Å². The molecule has 0 aromatic heterocycles. The van der Waals surface area contributed by atoms with E-state index in [0.717, 1.165) is 11.1 Å². The monoisotopic (exact) mass is 538 g/mol. The maximum Gasteiger partial charge on any atom is 0.349 e. The van der Waals surface area contributed by atoms with Crippen LogP contribution in [0, 0.1) is 13.8 Å². The minimum Gasteiger partial charge on any atom is -0.394 e. The van der Waals surface area contributed by atoms with E-state index in [0.29, 0.717) is 11.0 Å². The van der Waals surface area contributed by atoms with E-state index in [1.165, 1.54) is 4.57 Å². The number of aliphatic hydroxyl groups excluding tert-OH is 7. The van der Waals surface area contributed by atoms with Gasteiger partial charge in [0.1, 0.15) is 42.7 Å². The second-order valence-electron chi connectivity index (χ2n) is 9.35. The van der Waals surface area contributed by atoms with Crippen LogP contribution in [-0.4, -0.2) is 117 Å². The molecule has 15 nitrogen and oxygen atoms in total. The Hall–Kier alpha value is -2.86. The fraction of sp³-hybridized carbons (Fsp3) is 0.565. The number of aromatic amines is 1. The Morgan fingerprint density at radius 2 is 1.71 bits per heavy atom. The summed E-state index contributed by atoms with van der Waals surface area (Å²) in [6, 6.07) is 3.44. The van der Waals surface area contributed by atoms with Gasteiger partial charge in [-0.05, 0) is 37.1 Å². The zero-order valence-corrected chi connectivity index (χ0v) is 20.5. The first-order valence-corrected chi connectivity index (χ1v) is 11.8. The molecule has 0 saturated carbocycles. The number of ether oxygens (including phenoxy) is 2. The van der Waals surface area contributed by atoms with E-state index in [-0.39, 0.29) is 11.5 Å². The van der Waals surface area contributed by atoms with E-state index in [9.17, 15) is 45.3 Å². The van der Waals surface area contributed by atoms with Crippen molar-refractivity contribution in [2.75, 3.05) is 13.2 Å². The number of aromatic nitrogens is 4. The van der Waals surface area contributed by atoms with Crippen LogP contribution in [0.5, 0.6) is 0 Å². The summed E-state index contributed by atoms with van der Waals surface area (Å²) in [7, 11) is 0. The number of benzene rings is 1. The van der Waals surface area contributed by atoms with E-state index in [1.54, 1.807) is 12.1 Å². The van der Waals surface area contributed by atoms with Crippen LogP contribution in [0.3, 0.4) is 0 Å². The van der Waals surface area contributed by atoms with Gasteiger partial charge in [-0.15, -0.1) is 0 Å². The molecule has 0 amide bonds. The normalized spacial score (nSPS) is 26.5. The summed E-state index contributed by atoms with van der Waals surface area (Å²) in [5, 5.41) is 70.9. The van der Waals surface area contributed by atoms with Gasteiger partial charge in [-0.2, -0.15) is 4.98 Å². The summed E-state index contributed by atoms with van der Waals surface area (Å²) in [6.07, 6.45) is -13.0. The van der Waals surface area contributed by atoms with E-state index in [4.69, 9.17) is 9.47 Å². The van der Waals surface area contributed by atoms with E-state index in [2.05, 4.69) is 9.97 Å². The summed E-state index contributed by atoms with van der Waals surface area (Å²) in [5.41, 5.74) is 0.649. The molecule has 208 valence electrons. The van der Waals surface area contributed by atoms with Crippen LogP contribution in [0.25, 0.3) is 22.6 Å². The molecular formula is C23H30N4O11. The summed E-state index contributed by atoms with van der Waals surface area (Å²) in [4.78, 5) is 34.5. The fourth-order valence-corrected chi connectivity index (χ4v) is 4.28. The van der Waals surface area contributed by atoms with Crippen LogP contribution < -0.4 is 11.2 Å². The van der Waals surface area contributed by atoms with Gasteiger partial charge in [-0.3, -0.25) is 9.78 Å². The van der Waals surface area contributed by atoms with Gasteiger partial charge in [0.05, 0.1) is 30.8 Å². The minimum absolute atomic E-state index is 0.132. The number of H-pyrrole nitrogens is 1. The minimum atomic E-state index is -1.83. The molecule has 8 N–H and O–H groups in total. The largest absolute Gasteiger partial charge is 0.394 e. The number of rotatable bonds is 8. The molecule has 3 heterocycles. The topological polar surface area (TPSA) is 241 Å². The molecule has 1 aromatic rings. The molecule has 3 aliphatic rings. The Morgan fingerprint density at radius 1 is 1.03 bits per heavy atom. The maximum atomic E-state index is 12.4. The maximum absolute atomic E-state index is 12.4. The zero-order valence-electron chi connectivity index (χ0n) is 20.5. The standard InChI is InChI=1S/C23H30N4O11/c1-8-3-10-11(4-9(8)2)27(20-15(24-10)21(35)26-23(36)25-20)5-12(29)16(31)13(30)7-37-22-19(34)18(33)17(32)14(6-28)38-22/h3-4,12-14,16-19,22,28-34H,5-7H2,1-2H3,(H,26,35,36)/t12?,13?,14-,16?,17-,18+,19-,22+/m1/s1. The number of aryl methyl sites for hydroxylation is 2. The van der Waals surface area contributed by atoms with Crippen molar-refractivity contribution < 1.29 is 45.2 Å². The van der Waals surface area contributed by atoms with Crippen LogP contribution in [-0.2, 0) is 16.0 Å². The third kappa shape index (κ3) is 5.33. The number of hydrogen-bond donors (Lipinski definition) is 8. The van der Waals surface area contributed by atoms with Crippen molar-refractivity contribution in [3.63, 3.8) is 0 Å². The van der Waals surface area contributed by atoms with Gasteiger partial charge >= 0.3 is 5.69 Å². The van der Waals surface area contributed by atoms with Crippen LogP contribution in [0.15, 0.2) is 21.7 Å². The Labute approximate surface area is 214 Å². The lowest BCUT2D eigenvalue weighted by molar-refractivity contribution is -0.306. The van der Waals surface area contributed by atoms with Gasteiger partial charge in [-0.1, -0.05) is 0 Å². The molecule has 3 aliphatic heterocycles. The van der Waals surface area contributed by atoms with Crippen molar-refractivity contribution >= 4 is 11.0 Å². The fourth-order valence-electron chi connectivity index (χ4n) is 4.28. The Kier molecular flexibility index (Phi) is 8.22. The van der Waals surface area contributed by atoms with E-state index >= 15 is 0 Å². The molecule has 38 heavy (non-hydrogen) atoms. The first-order chi connectivity index (χ1) is 17.9. The molecular weight excluding hydrogens is 508 g/mol. The molecule has 0 aliphatic carbocycles. The van der Waals surface area contributed by atoms with E-state index < -0.39 is 80.0 Å². The average molecular weight is 539 g/mol. The highest BCUT2D eigenvalue weighted by atomic mass is 16.7. The molecule has 1 saturated heterocycles. The third-order valence-electron chi connectivity index (χ3n) is 6.66. The number of nitrogens with zero attached hydrogens (tertiary/aromatic N) is 3. The number of fused-ring (bicyclic) bond motifs is 2. The predicted octanol–water partition coefficient (Wildman–Crippen LogP) is -3.90. The van der Waals surface area contributed by atoms with Crippen molar-refractivity contribution in [2.24, 2.45) is 0 Å². The van der Waals surface area contributed by atoms with Crippen molar-refractivity contribution in [3.8, 4) is 11.5 Å². The number of hydrogen-bond acceptors (Lipinski definition) is 13. The van der Waals surface area contributed by atoms with Crippen molar-refractivity contribution in [1.82, 2.24) is 19.5 Å². The van der Waals surface area contributed by atoms with Gasteiger partial charge in [-0.25, -0.2) is 9.78 Å². The van der Waals surface area contributed by atoms with Gasteiger partial charge in [0.25, 0.3) is 5.56 Å². The van der Waals surface area contributed by atoms with Crippen LogP contribution in [0.4, 0.5) is 0 Å². The SMILES string of the molecule is Cc1cc2nc3c(=O)[nH]c(=O)nc-3n(CC(O)C(O)C(O)CO[C@H]3O[C@H](CO)[C@@H](O)[C@H](O)[C@H]3O)c2cc1C. The lowest BCUT2D eigenvalue weighted by Gasteiger charge is -2.40. The van der Waals surface area contributed by atoms with Crippen molar-refractivity contribution in [3.05, 3.63) is 44.1 Å². The average Bonchev–Trinajstić information content (AvgIpc) is 2.87. The zero-order chi connectivity index (χ0) is 27.9. The van der Waals surface area contributed by atoms with Crippen LogP contribution in [0.2, 0.25) is 0 Å². The van der Waals surface area contributed by atoms with Gasteiger partial charge < -0.3 is 49.8 Å². The molecule has 1 aromatic carbocycles. The summed E-state index contributed by atoms with van der Waals surface area (Å²) in [6.45, 7) is 1.91. The molecule has 4 rings (SSSR count). The molecule has 0 bridgehead atoms. The summed E-state index contributed by atoms with van der Waals surface area (Å²) in [5.74, 6) is -0.132. The van der Waals surface area contributed by atoms with Gasteiger partial charge in [0.15, 0.2) is 17.8 Å². The molecule has 0 radical (unpaired) electrons. The van der Waals surface area contributed by atoms with Crippen molar-refractivity contribution in [2.45, 2.75) is 69.4 Å². The highest BCUT2D eigenvalue weighted by Gasteiger charge is 2.44. The van der Waals surface area contributed by atoms with Crippen LogP contribution >= 0.6 is 0 Å². The summed E-state index contributed by atoms with van der Waals surface area (Å²) >= 11 is 0. The number of aliphatic hydroxyl groups is 7. The predicted molar refractivity (Wildman–Crippen MR) is 128 cm³/mol. The molecule has 1 fully saturated rings. The second kappa shape index (κ2) is 11.1. The molecule has 8 atom stereocenters. The first-order valence-electron chi connectivity index (χ1n) is 11.8. The molecule has 3 unspecified atom stereocenters. The molecule has 15 heteroatoms. The smallest absolute Gasteiger partial charge is 0.349 e. The van der Waals surface area contributed by atoms with E-state index in [1.807, 2.05) is 18.8 Å². The Bertz CT molecular complexity index is 1380. The quantitative estimate of drug-likeness (QED) is 0.128. The first kappa shape index (κ1) is 28.2. The van der Waals surface area contributed by atoms with Crippen LogP contribution in [0.1, 0.15) is 11.1 Å². The highest BCUT2D eigenvalue weighted by Crippen LogP contribution is 2.25. The van der Waals surface area contributed by atoms with Crippen molar-refractivity contribution in [1.29, 1.82) is 0 Å². The third-order valence-corrected chi connectivity index (χ3v) is 6.66. The number of nitrogens with one attached hydrogen (secondary N) is 1. The lowest BCUT2D eigenvalue weighted by Crippen LogP contribution is -2.59.